The molecule has 0 saturated carbocycles. The molecule has 27 heavy (non-hydrogen) atoms. The lowest BCUT2D eigenvalue weighted by atomic mass is 10.2. The van der Waals surface area contributed by atoms with E-state index in [1.165, 1.54) is 28.3 Å². The van der Waals surface area contributed by atoms with E-state index in [-0.39, 0.29) is 10.3 Å². The highest BCUT2D eigenvalue weighted by atomic mass is 32.1. The minimum absolute atomic E-state index is 0.208. The molecule has 136 valence electrons. The van der Waals surface area contributed by atoms with Gasteiger partial charge in [0.15, 0.2) is 16.2 Å². The molecule has 0 saturated heterocycles. The van der Waals surface area contributed by atoms with Gasteiger partial charge in [-0.25, -0.2) is 19.5 Å². The quantitative estimate of drug-likeness (QED) is 0.516. The van der Waals surface area contributed by atoms with Crippen LogP contribution in [0, 0.1) is 4.77 Å². The summed E-state index contributed by atoms with van der Waals surface area (Å²) in [4.78, 5) is 28.1. The molecule has 10 heteroatoms. The average Bonchev–Trinajstić information content (AvgIpc) is 3.16. The second-order valence-electron chi connectivity index (χ2n) is 5.45. The van der Waals surface area contributed by atoms with Crippen LogP contribution in [0.25, 0.3) is 16.2 Å². The molecule has 0 aliphatic heterocycles. The van der Waals surface area contributed by atoms with Crippen molar-refractivity contribution in [2.24, 2.45) is 0 Å². The van der Waals surface area contributed by atoms with Crippen LogP contribution in [0.4, 0.5) is 0 Å². The van der Waals surface area contributed by atoms with Crippen molar-refractivity contribution < 1.29 is 9.47 Å². The summed E-state index contributed by atoms with van der Waals surface area (Å²) in [6.07, 6.45) is 2.90. The van der Waals surface area contributed by atoms with Crippen molar-refractivity contribution in [3.8, 4) is 17.4 Å². The molecule has 3 heterocycles. The number of fused-ring (bicyclic) bond motifs is 1. The van der Waals surface area contributed by atoms with E-state index in [0.29, 0.717) is 28.7 Å². The molecule has 0 amide bonds. The first-order valence-corrected chi connectivity index (χ1v) is 9.11. The predicted molar refractivity (Wildman–Crippen MR) is 103 cm³/mol. The minimum Gasteiger partial charge on any atom is -0.497 e. The first-order chi connectivity index (χ1) is 13.2. The maximum Gasteiger partial charge on any atom is 0.279 e. The highest BCUT2D eigenvalue weighted by Gasteiger charge is 2.11. The molecule has 4 rings (SSSR count). The summed E-state index contributed by atoms with van der Waals surface area (Å²) in [6.45, 7) is 0.338. The van der Waals surface area contributed by atoms with Crippen molar-refractivity contribution in [3.05, 3.63) is 62.9 Å². The van der Waals surface area contributed by atoms with E-state index >= 15 is 0 Å². The summed E-state index contributed by atoms with van der Waals surface area (Å²) in [7, 11) is 1.62. The average molecular weight is 399 g/mol. The lowest BCUT2D eigenvalue weighted by Crippen LogP contribution is -2.20. The fraction of sp³-hybridized carbons (Fsp3) is 0.118. The smallest absolute Gasteiger partial charge is 0.279 e. The monoisotopic (exact) mass is 399 g/mol. The van der Waals surface area contributed by atoms with Crippen LogP contribution in [-0.2, 0) is 6.61 Å². The Bertz CT molecular complexity index is 1200. The maximum atomic E-state index is 12.6. The Morgan fingerprint density at radius 1 is 1.19 bits per heavy atom. The standard InChI is InChI=1S/C17H13N5O3S2/c1-24-11-4-2-10(3-5-11)8-25-13-7-18-12(6-19-13)22-16(23)14-15(20-9-27-14)21-17(22)26/h2-7,9H,8H2,1H3,(H,21,26). The van der Waals surface area contributed by atoms with E-state index in [2.05, 4.69) is 19.9 Å². The number of hydrogen-bond acceptors (Lipinski definition) is 8. The van der Waals surface area contributed by atoms with Crippen molar-refractivity contribution in [1.82, 2.24) is 24.5 Å². The Morgan fingerprint density at radius 3 is 2.70 bits per heavy atom. The number of ether oxygens (including phenoxy) is 2. The summed E-state index contributed by atoms with van der Waals surface area (Å²) in [5, 5.41) is 0. The summed E-state index contributed by atoms with van der Waals surface area (Å²) < 4.78 is 12.7. The molecule has 3 aromatic heterocycles. The molecule has 0 bridgehead atoms. The number of benzene rings is 1. The van der Waals surface area contributed by atoms with Crippen molar-refractivity contribution in [2.75, 3.05) is 7.11 Å². The Kier molecular flexibility index (Phi) is 4.65. The number of methoxy groups -OCH3 is 1. The fourth-order valence-corrected chi connectivity index (χ4v) is 3.37. The maximum absolute atomic E-state index is 12.6. The van der Waals surface area contributed by atoms with Gasteiger partial charge in [-0.15, -0.1) is 11.3 Å². The normalized spacial score (nSPS) is 10.9. The summed E-state index contributed by atoms with van der Waals surface area (Å²) in [5.74, 6) is 1.44. The molecule has 0 radical (unpaired) electrons. The first kappa shape index (κ1) is 17.3. The van der Waals surface area contributed by atoms with E-state index in [1.807, 2.05) is 24.3 Å². The summed E-state index contributed by atoms with van der Waals surface area (Å²) in [6, 6.07) is 7.53. The zero-order valence-corrected chi connectivity index (χ0v) is 15.7. The van der Waals surface area contributed by atoms with Gasteiger partial charge in [0.05, 0.1) is 25.0 Å². The zero-order chi connectivity index (χ0) is 18.8. The van der Waals surface area contributed by atoms with Gasteiger partial charge in [-0.05, 0) is 29.9 Å². The molecule has 8 nitrogen and oxygen atoms in total. The first-order valence-electron chi connectivity index (χ1n) is 7.82. The second kappa shape index (κ2) is 7.25. The van der Waals surface area contributed by atoms with Crippen LogP contribution in [0.2, 0.25) is 0 Å². The van der Waals surface area contributed by atoms with Crippen molar-refractivity contribution in [2.45, 2.75) is 6.61 Å². The third kappa shape index (κ3) is 3.44. The Hall–Kier alpha value is -3.11. The van der Waals surface area contributed by atoms with E-state index in [1.54, 1.807) is 12.6 Å². The van der Waals surface area contributed by atoms with E-state index in [0.717, 1.165) is 11.3 Å². The Balaban J connectivity index is 1.55. The number of aromatic amines is 1. The van der Waals surface area contributed by atoms with Gasteiger partial charge in [0, 0.05) is 0 Å². The summed E-state index contributed by atoms with van der Waals surface area (Å²) in [5.41, 5.74) is 2.75. The van der Waals surface area contributed by atoms with E-state index in [4.69, 9.17) is 21.7 Å². The lowest BCUT2D eigenvalue weighted by Gasteiger charge is -2.08. The molecular weight excluding hydrogens is 386 g/mol. The van der Waals surface area contributed by atoms with Crippen molar-refractivity contribution in [1.29, 1.82) is 0 Å². The molecule has 4 aromatic rings. The van der Waals surface area contributed by atoms with Gasteiger partial charge in [0.2, 0.25) is 5.88 Å². The molecule has 0 aliphatic carbocycles. The molecule has 0 aliphatic rings. The second-order valence-corrected chi connectivity index (χ2v) is 6.69. The Morgan fingerprint density at radius 2 is 2.00 bits per heavy atom. The van der Waals surface area contributed by atoms with Crippen LogP contribution < -0.4 is 15.0 Å². The number of nitrogens with one attached hydrogen (secondary N) is 1. The van der Waals surface area contributed by atoms with Gasteiger partial charge in [-0.1, -0.05) is 12.1 Å². The van der Waals surface area contributed by atoms with Gasteiger partial charge in [0.1, 0.15) is 17.1 Å². The SMILES string of the molecule is COc1ccc(COc2cnc(-n3c(=S)[nH]c4ncsc4c3=O)cn2)cc1. The van der Waals surface area contributed by atoms with Crippen molar-refractivity contribution in [3.63, 3.8) is 0 Å². The van der Waals surface area contributed by atoms with Gasteiger partial charge in [-0.2, -0.15) is 0 Å². The van der Waals surface area contributed by atoms with Crippen LogP contribution in [0.15, 0.2) is 47.0 Å². The molecule has 0 spiro atoms. The number of rotatable bonds is 5. The van der Waals surface area contributed by atoms with Crippen LogP contribution in [0.5, 0.6) is 11.6 Å². The number of aromatic nitrogens is 5. The molecule has 1 N–H and O–H groups in total. The van der Waals surface area contributed by atoms with Crippen LogP contribution >= 0.6 is 23.6 Å². The highest BCUT2D eigenvalue weighted by molar-refractivity contribution is 7.71. The predicted octanol–water partition coefficient (Wildman–Crippen LogP) is 2.88. The van der Waals surface area contributed by atoms with Crippen LogP contribution in [0.1, 0.15) is 5.56 Å². The van der Waals surface area contributed by atoms with Gasteiger partial charge < -0.3 is 14.5 Å². The fourth-order valence-electron chi connectivity index (χ4n) is 2.42. The topological polar surface area (TPSA) is 94.9 Å². The third-order valence-electron chi connectivity index (χ3n) is 3.78. The molecular formula is C17H13N5O3S2. The van der Waals surface area contributed by atoms with Crippen LogP contribution in [-0.4, -0.2) is 31.6 Å². The number of thiazole rings is 1. The van der Waals surface area contributed by atoms with Gasteiger partial charge in [-0.3, -0.25) is 4.79 Å². The van der Waals surface area contributed by atoms with Crippen molar-refractivity contribution >= 4 is 33.9 Å². The minimum atomic E-state index is -0.280. The summed E-state index contributed by atoms with van der Waals surface area (Å²) >= 11 is 6.49. The molecule has 1 aromatic carbocycles. The largest absolute Gasteiger partial charge is 0.497 e. The van der Waals surface area contributed by atoms with Gasteiger partial charge in [0.25, 0.3) is 5.56 Å². The highest BCUT2D eigenvalue weighted by Crippen LogP contribution is 2.15. The van der Waals surface area contributed by atoms with Gasteiger partial charge >= 0.3 is 0 Å². The molecule has 0 unspecified atom stereocenters. The van der Waals surface area contributed by atoms with Crippen LogP contribution in [0.3, 0.4) is 0 Å². The number of nitrogens with zero attached hydrogens (tertiary/aromatic N) is 4. The zero-order valence-electron chi connectivity index (χ0n) is 14.1. The number of hydrogen-bond donors (Lipinski definition) is 1. The van der Waals surface area contributed by atoms with E-state index in [9.17, 15) is 4.79 Å². The number of H-pyrrole nitrogens is 1. The lowest BCUT2D eigenvalue weighted by molar-refractivity contribution is 0.292. The molecule has 0 atom stereocenters. The molecule has 0 fully saturated rings. The Labute approximate surface area is 162 Å². The van der Waals surface area contributed by atoms with E-state index < -0.39 is 0 Å². The third-order valence-corrected chi connectivity index (χ3v) is 4.88.